The first-order valence-corrected chi connectivity index (χ1v) is 3.43. The molecule has 0 N–H and O–H groups in total. The lowest BCUT2D eigenvalue weighted by Gasteiger charge is -1.81. The van der Waals surface area contributed by atoms with Crippen molar-refractivity contribution in [3.8, 4) is 0 Å². The van der Waals surface area contributed by atoms with Gasteiger partial charge in [-0.15, -0.1) is 0 Å². The maximum absolute atomic E-state index is 2.14. The maximum atomic E-state index is 2.14. The van der Waals surface area contributed by atoms with Crippen LogP contribution >= 0.6 is 11.8 Å². The Morgan fingerprint density at radius 1 is 1.57 bits per heavy atom. The third-order valence-electron chi connectivity index (χ3n) is 0.452. The van der Waals surface area contributed by atoms with Crippen LogP contribution < -0.4 is 0 Å². The summed E-state index contributed by atoms with van der Waals surface area (Å²) in [6, 6.07) is 0. The third kappa shape index (κ3) is 6.02. The molecule has 0 unspecified atom stereocenters. The van der Waals surface area contributed by atoms with E-state index in [0.29, 0.717) is 0 Å². The van der Waals surface area contributed by atoms with Gasteiger partial charge in [-0.3, -0.25) is 0 Å². The van der Waals surface area contributed by atoms with Crippen molar-refractivity contribution in [1.82, 2.24) is 0 Å². The predicted octanol–water partition coefficient (Wildman–Crippen LogP) is 1.04. The molecule has 42 valence electrons. The van der Waals surface area contributed by atoms with Crippen LogP contribution in [0.4, 0.5) is 0 Å². The molecule has 0 aliphatic heterocycles. The molecule has 0 fully saturated rings. The Hall–Kier alpha value is 0.0200. The zero-order chi connectivity index (χ0) is 5.70. The molecular weight excluding hydrogens is 106 g/mol. The van der Waals surface area contributed by atoms with Crippen LogP contribution in [-0.4, -0.2) is 30.0 Å². The van der Waals surface area contributed by atoms with Gasteiger partial charge in [0.1, 0.15) is 14.1 Å². The Balaban J connectivity index is 3.08. The standard InChI is InChI=1S/C5H12NS/c1-4-7-5-6(2)3/h5H,4H2,1-3H3/q+1. The third-order valence-corrected chi connectivity index (χ3v) is 1.36. The van der Waals surface area contributed by atoms with Gasteiger partial charge in [0.25, 0.3) is 0 Å². The second-order valence-electron chi connectivity index (χ2n) is 1.52. The molecule has 0 heterocycles. The molecule has 7 heavy (non-hydrogen) atoms. The summed E-state index contributed by atoms with van der Waals surface area (Å²) in [5.74, 6) is 1.16. The van der Waals surface area contributed by atoms with Crippen molar-refractivity contribution in [2.45, 2.75) is 6.92 Å². The average molecular weight is 118 g/mol. The van der Waals surface area contributed by atoms with Crippen molar-refractivity contribution < 1.29 is 4.58 Å². The number of hydrogen-bond acceptors (Lipinski definition) is 1. The fourth-order valence-electron chi connectivity index (χ4n) is 0.224. The highest BCUT2D eigenvalue weighted by molar-refractivity contribution is 8.11. The molecule has 0 aliphatic rings. The highest BCUT2D eigenvalue weighted by Crippen LogP contribution is 1.88. The first-order valence-electron chi connectivity index (χ1n) is 2.38. The summed E-state index contributed by atoms with van der Waals surface area (Å²) in [5.41, 5.74) is 2.10. The minimum atomic E-state index is 1.16. The van der Waals surface area contributed by atoms with Gasteiger partial charge in [-0.25, -0.2) is 4.58 Å². The number of thioether (sulfide) groups is 1. The normalized spacial score (nSPS) is 8.43. The van der Waals surface area contributed by atoms with Crippen molar-refractivity contribution in [1.29, 1.82) is 0 Å². The second-order valence-corrected chi connectivity index (χ2v) is 2.65. The van der Waals surface area contributed by atoms with E-state index in [1.165, 1.54) is 0 Å². The lowest BCUT2D eigenvalue weighted by Crippen LogP contribution is -1.94. The average Bonchev–Trinajstić information content (AvgIpc) is 1.61. The zero-order valence-corrected chi connectivity index (χ0v) is 5.96. The van der Waals surface area contributed by atoms with Gasteiger partial charge in [-0.1, -0.05) is 18.7 Å². The fraction of sp³-hybridized carbons (Fsp3) is 0.800. The molecule has 0 aromatic heterocycles. The highest BCUT2D eigenvalue weighted by atomic mass is 32.2. The van der Waals surface area contributed by atoms with Gasteiger partial charge in [-0.05, 0) is 0 Å². The SMILES string of the molecule is CCSC=[N+](C)C. The van der Waals surface area contributed by atoms with Crippen LogP contribution in [0.15, 0.2) is 0 Å². The first-order chi connectivity index (χ1) is 3.27. The van der Waals surface area contributed by atoms with E-state index >= 15 is 0 Å². The lowest BCUT2D eigenvalue weighted by molar-refractivity contribution is -0.456. The van der Waals surface area contributed by atoms with Gasteiger partial charge in [-0.2, -0.15) is 0 Å². The molecule has 0 radical (unpaired) electrons. The molecule has 1 nitrogen and oxygen atoms in total. The maximum Gasteiger partial charge on any atom is 0.197 e. The van der Waals surface area contributed by atoms with E-state index in [2.05, 4.69) is 12.5 Å². The van der Waals surface area contributed by atoms with E-state index in [9.17, 15) is 0 Å². The van der Waals surface area contributed by atoms with Crippen LogP contribution in [0.2, 0.25) is 0 Å². The van der Waals surface area contributed by atoms with Crippen molar-refractivity contribution in [2.24, 2.45) is 0 Å². The van der Waals surface area contributed by atoms with Crippen LogP contribution in [0.3, 0.4) is 0 Å². The molecule has 0 saturated carbocycles. The monoisotopic (exact) mass is 118 g/mol. The van der Waals surface area contributed by atoms with E-state index in [4.69, 9.17) is 0 Å². The molecule has 0 spiro atoms. The van der Waals surface area contributed by atoms with E-state index in [-0.39, 0.29) is 0 Å². The van der Waals surface area contributed by atoms with Crippen LogP contribution in [0.5, 0.6) is 0 Å². The molecule has 0 atom stereocenters. The highest BCUT2D eigenvalue weighted by Gasteiger charge is 1.78. The van der Waals surface area contributed by atoms with Crippen LogP contribution in [-0.2, 0) is 0 Å². The van der Waals surface area contributed by atoms with Crippen LogP contribution in [0.1, 0.15) is 6.92 Å². The van der Waals surface area contributed by atoms with Gasteiger partial charge in [0.05, 0.1) is 0 Å². The van der Waals surface area contributed by atoms with E-state index in [1.54, 1.807) is 0 Å². The minimum absolute atomic E-state index is 1.16. The van der Waals surface area contributed by atoms with Gasteiger partial charge in [0.15, 0.2) is 5.55 Å². The Kier molecular flexibility index (Phi) is 4.20. The van der Waals surface area contributed by atoms with Crippen molar-refractivity contribution in [3.63, 3.8) is 0 Å². The number of hydrogen-bond donors (Lipinski definition) is 0. The first kappa shape index (κ1) is 7.02. The van der Waals surface area contributed by atoms with E-state index in [1.807, 2.05) is 30.4 Å². The summed E-state index contributed by atoms with van der Waals surface area (Å²) in [4.78, 5) is 0. The Bertz CT molecular complexity index is 64.5. The van der Waals surface area contributed by atoms with Crippen molar-refractivity contribution in [3.05, 3.63) is 0 Å². The Morgan fingerprint density at radius 3 is 2.29 bits per heavy atom. The summed E-state index contributed by atoms with van der Waals surface area (Å²) in [5, 5.41) is 0. The molecule has 0 aromatic carbocycles. The van der Waals surface area contributed by atoms with Gasteiger partial charge in [0.2, 0.25) is 0 Å². The zero-order valence-electron chi connectivity index (χ0n) is 5.14. The summed E-state index contributed by atoms with van der Waals surface area (Å²) in [6.45, 7) is 2.14. The molecular formula is C5H12NS+. The summed E-state index contributed by atoms with van der Waals surface area (Å²) < 4.78 is 2.05. The lowest BCUT2D eigenvalue weighted by atomic mass is 11.0. The molecule has 2 heteroatoms. The van der Waals surface area contributed by atoms with Crippen molar-refractivity contribution >= 4 is 17.3 Å². The fourth-order valence-corrected chi connectivity index (χ4v) is 0.671. The minimum Gasteiger partial charge on any atom is -0.236 e. The predicted molar refractivity (Wildman–Crippen MR) is 36.3 cm³/mol. The Morgan fingerprint density at radius 2 is 2.14 bits per heavy atom. The summed E-state index contributed by atoms with van der Waals surface area (Å²) in [6.07, 6.45) is 0. The van der Waals surface area contributed by atoms with E-state index < -0.39 is 0 Å². The molecule has 0 amide bonds. The molecule has 0 aliphatic carbocycles. The second kappa shape index (κ2) is 4.19. The van der Waals surface area contributed by atoms with Crippen LogP contribution in [0.25, 0.3) is 0 Å². The molecule has 0 bridgehead atoms. The van der Waals surface area contributed by atoms with Crippen LogP contribution in [0, 0.1) is 0 Å². The van der Waals surface area contributed by atoms with Gasteiger partial charge in [0, 0.05) is 5.75 Å². The largest absolute Gasteiger partial charge is 0.236 e. The topological polar surface area (TPSA) is 3.01 Å². The van der Waals surface area contributed by atoms with Gasteiger partial charge < -0.3 is 0 Å². The number of rotatable bonds is 2. The van der Waals surface area contributed by atoms with Crippen molar-refractivity contribution in [2.75, 3.05) is 19.8 Å². The Labute approximate surface area is 49.4 Å². The molecule has 0 saturated heterocycles. The number of nitrogens with zero attached hydrogens (tertiary/aromatic N) is 1. The molecule has 0 aromatic rings. The summed E-state index contributed by atoms with van der Waals surface area (Å²) >= 11 is 1.82. The van der Waals surface area contributed by atoms with Gasteiger partial charge >= 0.3 is 0 Å². The van der Waals surface area contributed by atoms with E-state index in [0.717, 1.165) is 5.75 Å². The quantitative estimate of drug-likeness (QED) is 0.297. The smallest absolute Gasteiger partial charge is 0.197 e. The molecule has 0 rings (SSSR count). The summed E-state index contributed by atoms with van der Waals surface area (Å²) in [7, 11) is 4.06.